The SMILES string of the molecule is C#CCC1COC(C)(C)C1O. The first-order chi connectivity index (χ1) is 5.08. The van der Waals surface area contributed by atoms with E-state index in [-0.39, 0.29) is 5.92 Å². The van der Waals surface area contributed by atoms with E-state index in [9.17, 15) is 5.11 Å². The highest BCUT2D eigenvalue weighted by Crippen LogP contribution is 2.31. The minimum absolute atomic E-state index is 0.120. The molecule has 0 aromatic carbocycles. The summed E-state index contributed by atoms with van der Waals surface area (Å²) in [5.74, 6) is 2.66. The van der Waals surface area contributed by atoms with Crippen molar-refractivity contribution in [2.45, 2.75) is 32.0 Å². The second kappa shape index (κ2) is 2.84. The fourth-order valence-electron chi connectivity index (χ4n) is 1.39. The number of rotatable bonds is 1. The van der Waals surface area contributed by atoms with Crippen LogP contribution < -0.4 is 0 Å². The van der Waals surface area contributed by atoms with E-state index in [0.29, 0.717) is 13.0 Å². The number of aliphatic hydroxyl groups is 1. The second-order valence-corrected chi connectivity index (χ2v) is 3.53. The van der Waals surface area contributed by atoms with Crippen molar-refractivity contribution in [1.29, 1.82) is 0 Å². The fourth-order valence-corrected chi connectivity index (χ4v) is 1.39. The van der Waals surface area contributed by atoms with Crippen LogP contribution >= 0.6 is 0 Å². The lowest BCUT2D eigenvalue weighted by Crippen LogP contribution is -2.34. The van der Waals surface area contributed by atoms with E-state index >= 15 is 0 Å². The standard InChI is InChI=1S/C9H14O2/c1-4-5-7-6-11-9(2,3)8(7)10/h1,7-8,10H,5-6H2,2-3H3. The van der Waals surface area contributed by atoms with Crippen LogP contribution in [0.2, 0.25) is 0 Å². The molecule has 0 aliphatic carbocycles. The maximum atomic E-state index is 9.63. The molecule has 0 aromatic heterocycles. The Morgan fingerprint density at radius 1 is 1.73 bits per heavy atom. The van der Waals surface area contributed by atoms with Crippen LogP contribution in [0.15, 0.2) is 0 Å². The first-order valence-electron chi connectivity index (χ1n) is 3.83. The van der Waals surface area contributed by atoms with Gasteiger partial charge in [-0.2, -0.15) is 0 Å². The van der Waals surface area contributed by atoms with Gasteiger partial charge in [0.05, 0.1) is 18.3 Å². The maximum Gasteiger partial charge on any atom is 0.0888 e. The zero-order chi connectivity index (χ0) is 8.48. The Morgan fingerprint density at radius 2 is 2.36 bits per heavy atom. The van der Waals surface area contributed by atoms with E-state index in [2.05, 4.69) is 5.92 Å². The summed E-state index contributed by atoms with van der Waals surface area (Å²) in [6.07, 6.45) is 5.33. The van der Waals surface area contributed by atoms with E-state index in [1.165, 1.54) is 0 Å². The van der Waals surface area contributed by atoms with Gasteiger partial charge < -0.3 is 9.84 Å². The predicted octanol–water partition coefficient (Wildman–Crippen LogP) is 0.796. The highest BCUT2D eigenvalue weighted by atomic mass is 16.5. The summed E-state index contributed by atoms with van der Waals surface area (Å²) in [5, 5.41) is 9.63. The third kappa shape index (κ3) is 1.55. The van der Waals surface area contributed by atoms with Crippen LogP contribution in [0.3, 0.4) is 0 Å². The summed E-state index contributed by atoms with van der Waals surface area (Å²) >= 11 is 0. The fraction of sp³-hybridized carbons (Fsp3) is 0.778. The molecule has 1 aliphatic heterocycles. The van der Waals surface area contributed by atoms with Crippen molar-refractivity contribution < 1.29 is 9.84 Å². The molecule has 2 nitrogen and oxygen atoms in total. The van der Waals surface area contributed by atoms with E-state index in [4.69, 9.17) is 11.2 Å². The molecule has 0 spiro atoms. The molecule has 0 radical (unpaired) electrons. The molecule has 2 heteroatoms. The van der Waals surface area contributed by atoms with Crippen LogP contribution in [-0.4, -0.2) is 23.4 Å². The van der Waals surface area contributed by atoms with Gasteiger partial charge in [0.25, 0.3) is 0 Å². The van der Waals surface area contributed by atoms with Crippen molar-refractivity contribution in [3.8, 4) is 12.3 Å². The first-order valence-corrected chi connectivity index (χ1v) is 3.83. The second-order valence-electron chi connectivity index (χ2n) is 3.53. The molecular formula is C9H14O2. The van der Waals surface area contributed by atoms with Crippen LogP contribution in [0.1, 0.15) is 20.3 Å². The summed E-state index contributed by atoms with van der Waals surface area (Å²) in [4.78, 5) is 0. The lowest BCUT2D eigenvalue weighted by Gasteiger charge is -2.22. The molecule has 11 heavy (non-hydrogen) atoms. The minimum Gasteiger partial charge on any atom is -0.390 e. The summed E-state index contributed by atoms with van der Waals surface area (Å²) in [7, 11) is 0. The summed E-state index contributed by atoms with van der Waals surface area (Å²) in [6, 6.07) is 0. The molecular weight excluding hydrogens is 140 g/mol. The number of terminal acetylenes is 1. The Labute approximate surface area is 67.6 Å². The first kappa shape index (κ1) is 8.58. The Hall–Kier alpha value is -0.520. The highest BCUT2D eigenvalue weighted by Gasteiger charge is 2.41. The molecule has 62 valence electrons. The smallest absolute Gasteiger partial charge is 0.0888 e. The molecule has 1 aliphatic rings. The summed E-state index contributed by atoms with van der Waals surface area (Å²) < 4.78 is 5.37. The van der Waals surface area contributed by atoms with Gasteiger partial charge in [0.1, 0.15) is 0 Å². The number of ether oxygens (including phenoxy) is 1. The topological polar surface area (TPSA) is 29.5 Å². The van der Waals surface area contributed by atoms with Crippen LogP contribution in [-0.2, 0) is 4.74 Å². The van der Waals surface area contributed by atoms with Crippen LogP contribution in [0, 0.1) is 18.3 Å². The van der Waals surface area contributed by atoms with Crippen LogP contribution in [0.25, 0.3) is 0 Å². The molecule has 2 unspecified atom stereocenters. The van der Waals surface area contributed by atoms with E-state index in [1.54, 1.807) is 0 Å². The average molecular weight is 154 g/mol. The molecule has 1 heterocycles. The van der Waals surface area contributed by atoms with Crippen molar-refractivity contribution in [3.05, 3.63) is 0 Å². The quantitative estimate of drug-likeness (QED) is 0.566. The van der Waals surface area contributed by atoms with E-state index in [0.717, 1.165) is 0 Å². The zero-order valence-corrected chi connectivity index (χ0v) is 7.00. The van der Waals surface area contributed by atoms with Gasteiger partial charge in [-0.3, -0.25) is 0 Å². The van der Waals surface area contributed by atoms with Crippen molar-refractivity contribution >= 4 is 0 Å². The lowest BCUT2D eigenvalue weighted by atomic mass is 9.92. The van der Waals surface area contributed by atoms with Crippen molar-refractivity contribution in [2.75, 3.05) is 6.61 Å². The van der Waals surface area contributed by atoms with E-state index < -0.39 is 11.7 Å². The zero-order valence-electron chi connectivity index (χ0n) is 7.00. The Balaban J connectivity index is 2.57. The molecule has 1 saturated heterocycles. The van der Waals surface area contributed by atoms with Gasteiger partial charge in [0.15, 0.2) is 0 Å². The molecule has 1 rings (SSSR count). The van der Waals surface area contributed by atoms with Crippen molar-refractivity contribution in [2.24, 2.45) is 5.92 Å². The Bertz CT molecular complexity index is 178. The molecule has 0 amide bonds. The van der Waals surface area contributed by atoms with Gasteiger partial charge in [0.2, 0.25) is 0 Å². The van der Waals surface area contributed by atoms with Gasteiger partial charge >= 0.3 is 0 Å². The number of aliphatic hydroxyl groups excluding tert-OH is 1. The molecule has 2 atom stereocenters. The monoisotopic (exact) mass is 154 g/mol. The Morgan fingerprint density at radius 3 is 2.73 bits per heavy atom. The molecule has 0 bridgehead atoms. The number of hydrogen-bond acceptors (Lipinski definition) is 2. The third-order valence-electron chi connectivity index (χ3n) is 2.21. The summed E-state index contributed by atoms with van der Waals surface area (Å²) in [6.45, 7) is 4.35. The average Bonchev–Trinajstić information content (AvgIpc) is 2.17. The largest absolute Gasteiger partial charge is 0.390 e. The Kier molecular flexibility index (Phi) is 2.22. The van der Waals surface area contributed by atoms with Gasteiger partial charge in [-0.05, 0) is 13.8 Å². The summed E-state index contributed by atoms with van der Waals surface area (Å²) in [5.41, 5.74) is -0.415. The van der Waals surface area contributed by atoms with Gasteiger partial charge in [-0.1, -0.05) is 0 Å². The van der Waals surface area contributed by atoms with Crippen molar-refractivity contribution in [1.82, 2.24) is 0 Å². The van der Waals surface area contributed by atoms with Gasteiger partial charge in [-0.15, -0.1) is 12.3 Å². The molecule has 0 saturated carbocycles. The lowest BCUT2D eigenvalue weighted by molar-refractivity contribution is -0.0310. The molecule has 0 aromatic rings. The molecule has 1 N–H and O–H groups in total. The van der Waals surface area contributed by atoms with E-state index in [1.807, 2.05) is 13.8 Å². The number of hydrogen-bond donors (Lipinski definition) is 1. The van der Waals surface area contributed by atoms with Crippen LogP contribution in [0.4, 0.5) is 0 Å². The van der Waals surface area contributed by atoms with Crippen molar-refractivity contribution in [3.63, 3.8) is 0 Å². The van der Waals surface area contributed by atoms with Gasteiger partial charge in [0, 0.05) is 12.3 Å². The van der Waals surface area contributed by atoms with Gasteiger partial charge in [-0.25, -0.2) is 0 Å². The maximum absolute atomic E-state index is 9.63. The van der Waals surface area contributed by atoms with Crippen LogP contribution in [0.5, 0.6) is 0 Å². The minimum atomic E-state index is -0.418. The predicted molar refractivity (Wildman–Crippen MR) is 43.0 cm³/mol. The normalized spacial score (nSPS) is 35.1. The highest BCUT2D eigenvalue weighted by molar-refractivity contribution is 4.97. The molecule has 1 fully saturated rings. The third-order valence-corrected chi connectivity index (χ3v) is 2.21.